The van der Waals surface area contributed by atoms with E-state index in [1.165, 1.54) is 122 Å². The van der Waals surface area contributed by atoms with Gasteiger partial charge in [0.15, 0.2) is 0 Å². The van der Waals surface area contributed by atoms with Crippen LogP contribution in [0.15, 0.2) is 18.3 Å². The molecule has 0 saturated carbocycles. The van der Waals surface area contributed by atoms with E-state index in [0.29, 0.717) is 38.0 Å². The molecule has 3 unspecified atom stereocenters. The highest BCUT2D eigenvalue weighted by atomic mass is 16.3. The van der Waals surface area contributed by atoms with E-state index in [1.807, 2.05) is 0 Å². The molecule has 0 aliphatic heterocycles. The van der Waals surface area contributed by atoms with Gasteiger partial charge in [-0.05, 0) is 64.3 Å². The van der Waals surface area contributed by atoms with E-state index in [4.69, 9.17) is 11.5 Å². The molecule has 3 atom stereocenters. The van der Waals surface area contributed by atoms with Crippen molar-refractivity contribution in [1.82, 2.24) is 25.6 Å². The van der Waals surface area contributed by atoms with Crippen molar-refractivity contribution in [2.24, 2.45) is 11.5 Å². The second-order valence-corrected chi connectivity index (χ2v) is 16.2. The summed E-state index contributed by atoms with van der Waals surface area (Å²) in [6, 6.07) is -0.836. The van der Waals surface area contributed by atoms with E-state index in [0.717, 1.165) is 57.8 Å². The number of hydrogen-bond acceptors (Lipinski definition) is 7. The van der Waals surface area contributed by atoms with Crippen molar-refractivity contribution in [3.63, 3.8) is 0 Å². The van der Waals surface area contributed by atoms with Crippen molar-refractivity contribution in [3.8, 4) is 0 Å². The van der Waals surface area contributed by atoms with E-state index in [2.05, 4.69) is 46.9 Å². The summed E-state index contributed by atoms with van der Waals surface area (Å²) >= 11 is 0. The fourth-order valence-corrected chi connectivity index (χ4v) is 7.19. The average Bonchev–Trinajstić information content (AvgIpc) is 3.62. The number of amides is 2. The van der Waals surface area contributed by atoms with Gasteiger partial charge in [-0.15, -0.1) is 5.10 Å². The number of allylic oxidation sites excluding steroid dienone is 2. The van der Waals surface area contributed by atoms with E-state index in [1.54, 1.807) is 10.9 Å². The summed E-state index contributed by atoms with van der Waals surface area (Å²) in [7, 11) is 0. The fraction of sp³-hybridized carbons (Fsp3) is 0.867. The van der Waals surface area contributed by atoms with Crippen molar-refractivity contribution in [3.05, 3.63) is 24.0 Å². The van der Waals surface area contributed by atoms with Crippen molar-refractivity contribution in [2.45, 2.75) is 244 Å². The first kappa shape index (κ1) is 50.7. The minimum absolute atomic E-state index is 0.0245. The molecule has 2 amide bonds. The number of hydrogen-bond donors (Lipinski definition) is 5. The standard InChI is InChI=1S/C45H87N7O3/c1-3-5-7-9-11-13-15-17-18-19-21-23-25-27-29-34-44(54)49-40(36-42(53)32-28-26-24-22-20-16-14-12-10-8-6-4-2)38-52-39-41(50-51-52)37-48-45(55)43(47)33-30-31-35-46/h17-18,39-40,42-43,53H,3-16,19-38,46-47H2,1-2H3,(H,48,55)(H,49,54)/b18-17-. The Balaban J connectivity index is 2.45. The highest BCUT2D eigenvalue weighted by molar-refractivity contribution is 5.81. The molecule has 10 heteroatoms. The number of nitrogens with one attached hydrogen (secondary N) is 2. The second-order valence-electron chi connectivity index (χ2n) is 16.2. The summed E-state index contributed by atoms with van der Waals surface area (Å²) < 4.78 is 1.70. The van der Waals surface area contributed by atoms with Gasteiger partial charge in [0.2, 0.25) is 11.8 Å². The molecule has 0 aromatic carbocycles. The Kier molecular flexibility index (Phi) is 34.4. The summed E-state index contributed by atoms with van der Waals surface area (Å²) in [4.78, 5) is 25.5. The van der Waals surface area contributed by atoms with Gasteiger partial charge in [0.25, 0.3) is 0 Å². The van der Waals surface area contributed by atoms with Crippen LogP contribution in [0.2, 0.25) is 0 Å². The first-order valence-corrected chi connectivity index (χ1v) is 23.1. The van der Waals surface area contributed by atoms with E-state index in [9.17, 15) is 14.7 Å². The van der Waals surface area contributed by atoms with E-state index < -0.39 is 12.1 Å². The monoisotopic (exact) mass is 774 g/mol. The third kappa shape index (κ3) is 31.5. The maximum atomic E-state index is 13.1. The minimum atomic E-state index is -0.575. The number of unbranched alkanes of at least 4 members (excludes halogenated alkanes) is 23. The van der Waals surface area contributed by atoms with Gasteiger partial charge in [-0.1, -0.05) is 166 Å². The Morgan fingerprint density at radius 3 is 1.80 bits per heavy atom. The number of aliphatic hydroxyl groups is 1. The zero-order valence-corrected chi connectivity index (χ0v) is 35.8. The van der Waals surface area contributed by atoms with Gasteiger partial charge in [-0.2, -0.15) is 0 Å². The number of nitrogens with zero attached hydrogens (tertiary/aromatic N) is 3. The van der Waals surface area contributed by atoms with Crippen LogP contribution in [0.25, 0.3) is 0 Å². The first-order valence-electron chi connectivity index (χ1n) is 23.1. The van der Waals surface area contributed by atoms with Crippen LogP contribution < -0.4 is 22.1 Å². The Hall–Kier alpha value is -2.30. The largest absolute Gasteiger partial charge is 0.393 e. The molecule has 0 radical (unpaired) electrons. The molecule has 10 nitrogen and oxygen atoms in total. The van der Waals surface area contributed by atoms with Gasteiger partial charge in [-0.3, -0.25) is 14.3 Å². The van der Waals surface area contributed by atoms with Crippen LogP contribution in [0.4, 0.5) is 0 Å². The molecule has 0 bridgehead atoms. The maximum absolute atomic E-state index is 13.1. The zero-order valence-electron chi connectivity index (χ0n) is 35.8. The molecule has 1 heterocycles. The van der Waals surface area contributed by atoms with Gasteiger partial charge in [0.1, 0.15) is 5.69 Å². The predicted molar refractivity (Wildman–Crippen MR) is 230 cm³/mol. The summed E-state index contributed by atoms with van der Waals surface area (Å²) in [6.45, 7) is 5.76. The summed E-state index contributed by atoms with van der Waals surface area (Å²) in [5.41, 5.74) is 12.2. The van der Waals surface area contributed by atoms with Crippen molar-refractivity contribution >= 4 is 11.8 Å². The lowest BCUT2D eigenvalue weighted by molar-refractivity contribution is -0.123. The summed E-state index contributed by atoms with van der Waals surface area (Å²) in [5.74, 6) is -0.190. The molecular weight excluding hydrogens is 687 g/mol. The SMILES string of the molecule is CCCCCCCC/C=C\CCCCCCCC(=O)NC(CC(O)CCCCCCCCCCCCCC)Cn1cc(CNC(=O)C(N)CCCCN)nn1. The molecule has 55 heavy (non-hydrogen) atoms. The molecule has 320 valence electrons. The number of rotatable bonds is 40. The molecule has 0 aliphatic carbocycles. The Labute approximate surface area is 337 Å². The molecule has 0 saturated heterocycles. The number of carbonyl (C=O) groups is 2. The number of nitrogens with two attached hydrogens (primary N) is 2. The molecule has 0 spiro atoms. The van der Waals surface area contributed by atoms with Crippen LogP contribution in [0.3, 0.4) is 0 Å². The van der Waals surface area contributed by atoms with Crippen LogP contribution in [0.1, 0.15) is 219 Å². The van der Waals surface area contributed by atoms with Gasteiger partial charge >= 0.3 is 0 Å². The smallest absolute Gasteiger partial charge is 0.237 e. The average molecular weight is 774 g/mol. The normalized spacial score (nSPS) is 13.3. The molecule has 1 rings (SSSR count). The number of aromatic nitrogens is 3. The van der Waals surface area contributed by atoms with Crippen LogP contribution in [-0.2, 0) is 22.7 Å². The maximum Gasteiger partial charge on any atom is 0.237 e. The lowest BCUT2D eigenvalue weighted by Gasteiger charge is -2.22. The highest BCUT2D eigenvalue weighted by Gasteiger charge is 2.19. The first-order chi connectivity index (χ1) is 26.9. The van der Waals surface area contributed by atoms with Crippen molar-refractivity contribution < 1.29 is 14.7 Å². The minimum Gasteiger partial charge on any atom is -0.393 e. The molecule has 0 fully saturated rings. The second kappa shape index (κ2) is 37.3. The zero-order chi connectivity index (χ0) is 40.0. The number of carbonyl (C=O) groups excluding carboxylic acids is 2. The highest BCUT2D eigenvalue weighted by Crippen LogP contribution is 2.16. The third-order valence-corrected chi connectivity index (χ3v) is 10.7. The predicted octanol–water partition coefficient (Wildman–Crippen LogP) is 9.72. The molecule has 1 aromatic heterocycles. The number of aliphatic hydroxyl groups excluding tert-OH is 1. The van der Waals surface area contributed by atoms with Gasteiger partial charge in [0, 0.05) is 6.42 Å². The molecule has 1 aromatic rings. The Morgan fingerprint density at radius 2 is 1.24 bits per heavy atom. The van der Waals surface area contributed by atoms with Crippen LogP contribution in [0, 0.1) is 0 Å². The lowest BCUT2D eigenvalue weighted by atomic mass is 10.0. The summed E-state index contributed by atoms with van der Waals surface area (Å²) in [6.07, 6.45) is 41.3. The van der Waals surface area contributed by atoms with Gasteiger partial charge < -0.3 is 27.2 Å². The fourth-order valence-electron chi connectivity index (χ4n) is 7.19. The van der Waals surface area contributed by atoms with Crippen molar-refractivity contribution in [1.29, 1.82) is 0 Å². The lowest BCUT2D eigenvalue weighted by Crippen LogP contribution is -2.40. The Morgan fingerprint density at radius 1 is 0.727 bits per heavy atom. The van der Waals surface area contributed by atoms with E-state index >= 15 is 0 Å². The summed E-state index contributed by atoms with van der Waals surface area (Å²) in [5, 5.41) is 25.5. The van der Waals surface area contributed by atoms with Crippen LogP contribution in [-0.4, -0.2) is 56.6 Å². The van der Waals surface area contributed by atoms with Crippen LogP contribution in [0.5, 0.6) is 0 Å². The third-order valence-electron chi connectivity index (χ3n) is 10.7. The molecule has 7 N–H and O–H groups in total. The molecule has 0 aliphatic rings. The van der Waals surface area contributed by atoms with Crippen LogP contribution >= 0.6 is 0 Å². The van der Waals surface area contributed by atoms with E-state index in [-0.39, 0.29) is 24.4 Å². The molecular formula is C45H87N7O3. The van der Waals surface area contributed by atoms with Crippen molar-refractivity contribution in [2.75, 3.05) is 6.54 Å². The van der Waals surface area contributed by atoms with Gasteiger partial charge in [0.05, 0.1) is 37.5 Å². The topological polar surface area (TPSA) is 161 Å². The Bertz CT molecular complexity index is 1050. The quantitative estimate of drug-likeness (QED) is 0.0328. The van der Waals surface area contributed by atoms with Gasteiger partial charge in [-0.25, -0.2) is 0 Å².